The van der Waals surface area contributed by atoms with Gasteiger partial charge in [-0.3, -0.25) is 9.59 Å². The minimum atomic E-state index is -0.994. The van der Waals surface area contributed by atoms with Crippen LogP contribution in [-0.4, -0.2) is 33.2 Å². The van der Waals surface area contributed by atoms with Gasteiger partial charge in [0.2, 0.25) is 0 Å². The maximum atomic E-state index is 11.7. The Morgan fingerprint density at radius 3 is 2.90 bits per heavy atom. The van der Waals surface area contributed by atoms with E-state index < -0.39 is 15.1 Å². The Bertz CT molecular complexity index is 536. The van der Waals surface area contributed by atoms with Gasteiger partial charge in [0.15, 0.2) is 16.1 Å². The molecule has 0 aliphatic carbocycles. The van der Waals surface area contributed by atoms with Crippen molar-refractivity contribution in [3.8, 4) is 5.75 Å². The molecular weight excluding hydrogens is 274 g/mol. The van der Waals surface area contributed by atoms with Crippen molar-refractivity contribution >= 4 is 26.7 Å². The highest BCUT2D eigenvalue weighted by atomic mass is 28.2. The number of carbonyl (C=O) groups excluding carboxylic acids is 2. The van der Waals surface area contributed by atoms with Crippen molar-refractivity contribution in [2.24, 2.45) is 0 Å². The van der Waals surface area contributed by atoms with Crippen LogP contribution in [0.25, 0.3) is 0 Å². The summed E-state index contributed by atoms with van der Waals surface area (Å²) in [6, 6.07) is 6.32. The second-order valence-corrected chi connectivity index (χ2v) is 7.33. The first-order valence-corrected chi connectivity index (χ1v) is 8.32. The van der Waals surface area contributed by atoms with E-state index in [1.54, 1.807) is 0 Å². The molecule has 1 aliphatic heterocycles. The summed E-state index contributed by atoms with van der Waals surface area (Å²) >= 11 is 0. The molecule has 1 N–H and O–H groups in total. The lowest BCUT2D eigenvalue weighted by Crippen LogP contribution is -2.27. The SMILES string of the molecule is CC(C)(C)OC(=O)[SiH2]Cc1ccc2c(c1)NC(=O)CO2. The molecule has 0 radical (unpaired) electrons. The number of ether oxygens (including phenoxy) is 2. The van der Waals surface area contributed by atoms with Gasteiger partial charge in [-0.25, -0.2) is 0 Å². The molecule has 0 bridgehead atoms. The van der Waals surface area contributed by atoms with Crippen LogP contribution in [0.4, 0.5) is 10.5 Å². The number of benzene rings is 1. The Morgan fingerprint density at radius 1 is 1.45 bits per heavy atom. The molecule has 108 valence electrons. The van der Waals surface area contributed by atoms with Crippen molar-refractivity contribution in [1.82, 2.24) is 0 Å². The topological polar surface area (TPSA) is 64.6 Å². The molecule has 0 spiro atoms. The van der Waals surface area contributed by atoms with Crippen molar-refractivity contribution in [1.29, 1.82) is 0 Å². The van der Waals surface area contributed by atoms with Crippen LogP contribution in [0.1, 0.15) is 26.3 Å². The van der Waals surface area contributed by atoms with Crippen LogP contribution in [0.5, 0.6) is 5.75 Å². The molecule has 20 heavy (non-hydrogen) atoms. The molecule has 0 atom stereocenters. The summed E-state index contributed by atoms with van der Waals surface area (Å²) in [6.45, 7) is 5.65. The van der Waals surface area contributed by atoms with Gasteiger partial charge in [0.1, 0.15) is 11.4 Å². The molecule has 1 aliphatic rings. The Hall–Kier alpha value is -1.82. The number of hydrogen-bond acceptors (Lipinski definition) is 4. The third-order valence-electron chi connectivity index (χ3n) is 2.71. The number of rotatable bonds is 3. The van der Waals surface area contributed by atoms with E-state index in [0.717, 1.165) is 5.56 Å². The number of amides is 1. The molecule has 0 aromatic heterocycles. The zero-order valence-electron chi connectivity index (χ0n) is 12.0. The average molecular weight is 293 g/mol. The highest BCUT2D eigenvalue weighted by Crippen LogP contribution is 2.28. The molecule has 0 saturated heterocycles. The molecule has 0 unspecified atom stereocenters. The van der Waals surface area contributed by atoms with E-state index in [9.17, 15) is 9.59 Å². The molecule has 1 amide bonds. The number of anilines is 1. The third kappa shape index (κ3) is 4.09. The van der Waals surface area contributed by atoms with Crippen LogP contribution < -0.4 is 10.1 Å². The summed E-state index contributed by atoms with van der Waals surface area (Å²) in [5, 5.41) is 2.76. The summed E-state index contributed by atoms with van der Waals surface area (Å²) in [4.78, 5) is 23.0. The maximum absolute atomic E-state index is 11.7. The van der Waals surface area contributed by atoms with Gasteiger partial charge < -0.3 is 14.8 Å². The first kappa shape index (κ1) is 14.6. The van der Waals surface area contributed by atoms with E-state index in [-0.39, 0.29) is 18.1 Å². The summed E-state index contributed by atoms with van der Waals surface area (Å²) in [5.74, 6) is 0.520. The zero-order chi connectivity index (χ0) is 14.8. The Balaban J connectivity index is 1.96. The summed E-state index contributed by atoms with van der Waals surface area (Å²) < 4.78 is 10.6. The van der Waals surface area contributed by atoms with E-state index in [4.69, 9.17) is 9.47 Å². The van der Waals surface area contributed by atoms with Crippen molar-refractivity contribution in [2.75, 3.05) is 11.9 Å². The number of carbonyl (C=O) groups is 2. The second-order valence-electron chi connectivity index (χ2n) is 5.75. The van der Waals surface area contributed by atoms with E-state index in [2.05, 4.69) is 5.32 Å². The minimum absolute atomic E-state index is 0.0546. The lowest BCUT2D eigenvalue weighted by Gasteiger charge is -2.20. The van der Waals surface area contributed by atoms with Crippen LogP contribution in [0.2, 0.25) is 0 Å². The standard InChI is InChI=1S/C14H19NO4Si/c1-14(2,3)19-13(17)20-8-9-4-5-11-10(6-9)15-12(16)7-18-11/h4-6H,7-8,20H2,1-3H3,(H,15,16). The minimum Gasteiger partial charge on any atom is -0.482 e. The Labute approximate surface area is 120 Å². The van der Waals surface area contributed by atoms with Gasteiger partial charge in [-0.1, -0.05) is 6.07 Å². The molecule has 1 aromatic rings. The van der Waals surface area contributed by atoms with Crippen molar-refractivity contribution in [2.45, 2.75) is 32.4 Å². The lowest BCUT2D eigenvalue weighted by atomic mass is 10.2. The lowest BCUT2D eigenvalue weighted by molar-refractivity contribution is -0.118. The highest BCUT2D eigenvalue weighted by Gasteiger charge is 2.18. The van der Waals surface area contributed by atoms with Crippen LogP contribution in [0.15, 0.2) is 18.2 Å². The summed E-state index contributed by atoms with van der Waals surface area (Å²) in [7, 11) is -0.994. The van der Waals surface area contributed by atoms with Crippen LogP contribution in [0.3, 0.4) is 0 Å². The van der Waals surface area contributed by atoms with Gasteiger partial charge in [0.05, 0.1) is 5.69 Å². The summed E-state index contributed by atoms with van der Waals surface area (Å²) in [5.41, 5.74) is 1.18. The second kappa shape index (κ2) is 5.66. The zero-order valence-corrected chi connectivity index (χ0v) is 13.4. The number of nitrogens with one attached hydrogen (secondary N) is 1. The van der Waals surface area contributed by atoms with Gasteiger partial charge in [-0.15, -0.1) is 0 Å². The fourth-order valence-corrected chi connectivity index (χ4v) is 3.26. The molecule has 0 saturated carbocycles. The number of hydrogen-bond donors (Lipinski definition) is 1. The fourth-order valence-electron chi connectivity index (χ4n) is 1.92. The van der Waals surface area contributed by atoms with E-state index in [1.807, 2.05) is 39.0 Å². The first-order valence-electron chi connectivity index (χ1n) is 6.61. The van der Waals surface area contributed by atoms with E-state index >= 15 is 0 Å². The molecule has 1 heterocycles. The molecule has 5 nitrogen and oxygen atoms in total. The predicted molar refractivity (Wildman–Crippen MR) is 79.0 cm³/mol. The largest absolute Gasteiger partial charge is 0.482 e. The average Bonchev–Trinajstić information content (AvgIpc) is 2.33. The molecule has 0 fully saturated rings. The van der Waals surface area contributed by atoms with Gasteiger partial charge in [0.25, 0.3) is 11.5 Å². The van der Waals surface area contributed by atoms with Crippen molar-refractivity contribution in [3.63, 3.8) is 0 Å². The third-order valence-corrected chi connectivity index (χ3v) is 4.09. The van der Waals surface area contributed by atoms with Gasteiger partial charge in [0, 0.05) is 0 Å². The van der Waals surface area contributed by atoms with E-state index in [1.165, 1.54) is 0 Å². The first-order chi connectivity index (χ1) is 9.33. The fraction of sp³-hybridized carbons (Fsp3) is 0.429. The Morgan fingerprint density at radius 2 is 2.20 bits per heavy atom. The molecule has 2 rings (SSSR count). The number of fused-ring (bicyclic) bond motifs is 1. The molecule has 6 heteroatoms. The van der Waals surface area contributed by atoms with Crippen molar-refractivity contribution in [3.05, 3.63) is 23.8 Å². The quantitative estimate of drug-likeness (QED) is 0.860. The summed E-state index contributed by atoms with van der Waals surface area (Å²) in [6.07, 6.45) is 0. The molecule has 1 aromatic carbocycles. The van der Waals surface area contributed by atoms with Gasteiger partial charge >= 0.3 is 0 Å². The van der Waals surface area contributed by atoms with Crippen LogP contribution in [0, 0.1) is 0 Å². The van der Waals surface area contributed by atoms with Gasteiger partial charge in [-0.2, -0.15) is 0 Å². The predicted octanol–water partition coefficient (Wildman–Crippen LogP) is 1.62. The van der Waals surface area contributed by atoms with Crippen molar-refractivity contribution < 1.29 is 19.1 Å². The monoisotopic (exact) mass is 293 g/mol. The normalized spacial score (nSPS) is 14.7. The smallest absolute Gasteiger partial charge is 0.265 e. The van der Waals surface area contributed by atoms with Crippen LogP contribution >= 0.6 is 0 Å². The van der Waals surface area contributed by atoms with Gasteiger partial charge in [-0.05, 0) is 44.5 Å². The van der Waals surface area contributed by atoms with E-state index in [0.29, 0.717) is 17.5 Å². The Kier molecular flexibility index (Phi) is 4.13. The maximum Gasteiger partial charge on any atom is 0.265 e. The highest BCUT2D eigenvalue weighted by molar-refractivity contribution is 6.71. The molecular formula is C14H19NO4Si. The van der Waals surface area contributed by atoms with Crippen LogP contribution in [-0.2, 0) is 15.6 Å².